The number of rotatable bonds is 6. The third-order valence-electron chi connectivity index (χ3n) is 7.56. The molecule has 0 aliphatic heterocycles. The fourth-order valence-corrected chi connectivity index (χ4v) is 5.97. The molecule has 2 fully saturated rings. The van der Waals surface area contributed by atoms with Gasteiger partial charge in [0.15, 0.2) is 11.4 Å². The predicted octanol–water partition coefficient (Wildman–Crippen LogP) is 0.602. The van der Waals surface area contributed by atoms with E-state index in [1.54, 1.807) is 25.1 Å². The molecule has 9 nitrogen and oxygen atoms in total. The van der Waals surface area contributed by atoms with Crippen molar-refractivity contribution in [2.45, 2.75) is 50.4 Å². The van der Waals surface area contributed by atoms with Crippen LogP contribution in [-0.2, 0) is 20.8 Å². The number of aliphatic hydroxyl groups is 3. The number of likely N-dealkylation sites (N-methyl/N-ethyl adjacent to an activating group) is 1. The number of ether oxygens (including phenoxy) is 1. The van der Waals surface area contributed by atoms with E-state index in [-0.39, 0.29) is 17.8 Å². The van der Waals surface area contributed by atoms with Crippen molar-refractivity contribution in [3.63, 3.8) is 0 Å². The van der Waals surface area contributed by atoms with Gasteiger partial charge in [-0.3, -0.25) is 14.4 Å². The predicted molar refractivity (Wildman–Crippen MR) is 123 cm³/mol. The Bertz CT molecular complexity index is 1070. The van der Waals surface area contributed by atoms with E-state index in [2.05, 4.69) is 0 Å². The Labute approximate surface area is 198 Å². The summed E-state index contributed by atoms with van der Waals surface area (Å²) >= 11 is 0. The Morgan fingerprint density at radius 2 is 2.00 bits per heavy atom. The largest absolute Gasteiger partial charge is 0.507 e. The molecule has 9 heteroatoms. The van der Waals surface area contributed by atoms with Crippen LogP contribution < -0.4 is 10.5 Å². The van der Waals surface area contributed by atoms with Gasteiger partial charge in [0.25, 0.3) is 0 Å². The topological polar surface area (TPSA) is 150 Å². The van der Waals surface area contributed by atoms with Crippen LogP contribution in [0.25, 0.3) is 5.76 Å². The summed E-state index contributed by atoms with van der Waals surface area (Å²) in [5.41, 5.74) is 3.97. The summed E-state index contributed by atoms with van der Waals surface area (Å²) in [6, 6.07) is 4.53. The first-order valence-electron chi connectivity index (χ1n) is 11.7. The van der Waals surface area contributed by atoms with E-state index in [9.17, 15) is 29.7 Å². The quantitative estimate of drug-likeness (QED) is 0.347. The Hall–Kier alpha value is -2.75. The van der Waals surface area contributed by atoms with Crippen LogP contribution >= 0.6 is 0 Å². The molecule has 184 valence electrons. The minimum Gasteiger partial charge on any atom is -0.507 e. The van der Waals surface area contributed by atoms with E-state index >= 15 is 0 Å². The molecule has 2 unspecified atom stereocenters. The number of ketones is 2. The SMILES string of the molecule is CCCCOc1cccc2c1C(O)=C1C(=O)[C@@]3(O)C(=O)C(C(N)=O)C(O)[C@H](N(C)C)[C@H]3C[C@H]1C2. The van der Waals surface area contributed by atoms with Gasteiger partial charge in [0.1, 0.15) is 17.4 Å². The lowest BCUT2D eigenvalue weighted by Gasteiger charge is -2.53. The zero-order valence-corrected chi connectivity index (χ0v) is 19.7. The molecule has 6 atom stereocenters. The monoisotopic (exact) mass is 472 g/mol. The van der Waals surface area contributed by atoms with Gasteiger partial charge >= 0.3 is 0 Å². The lowest BCUT2D eigenvalue weighted by atomic mass is 9.54. The van der Waals surface area contributed by atoms with Crippen LogP contribution in [0, 0.1) is 17.8 Å². The Morgan fingerprint density at radius 3 is 2.62 bits per heavy atom. The van der Waals surface area contributed by atoms with Crippen LogP contribution in [0.5, 0.6) is 5.75 Å². The third kappa shape index (κ3) is 3.45. The lowest BCUT2D eigenvalue weighted by Crippen LogP contribution is -2.73. The lowest BCUT2D eigenvalue weighted by molar-refractivity contribution is -0.184. The maximum atomic E-state index is 13.8. The number of primary amides is 1. The van der Waals surface area contributed by atoms with Crippen LogP contribution in [0.4, 0.5) is 0 Å². The summed E-state index contributed by atoms with van der Waals surface area (Å²) in [5, 5.41) is 33.7. The number of nitrogens with two attached hydrogens (primary N) is 1. The number of Topliss-reactive ketones (excluding diaryl/α,β-unsaturated/α-hetero) is 2. The number of hydrogen-bond acceptors (Lipinski definition) is 8. The molecule has 0 bridgehead atoms. The van der Waals surface area contributed by atoms with Crippen molar-refractivity contribution < 1.29 is 34.4 Å². The van der Waals surface area contributed by atoms with Crippen LogP contribution in [0.3, 0.4) is 0 Å². The number of fused-ring (bicyclic) bond motifs is 3. The Balaban J connectivity index is 1.84. The first-order valence-corrected chi connectivity index (χ1v) is 11.7. The van der Waals surface area contributed by atoms with Gasteiger partial charge in [0.05, 0.1) is 18.3 Å². The van der Waals surface area contributed by atoms with E-state index in [0.717, 1.165) is 18.4 Å². The van der Waals surface area contributed by atoms with E-state index < -0.39 is 53.0 Å². The number of amides is 1. The zero-order valence-electron chi connectivity index (χ0n) is 19.7. The minimum atomic E-state index is -2.58. The number of aliphatic hydroxyl groups excluding tert-OH is 2. The highest BCUT2D eigenvalue weighted by Crippen LogP contribution is 2.52. The van der Waals surface area contributed by atoms with E-state index in [1.807, 2.05) is 19.1 Å². The molecule has 1 amide bonds. The first-order chi connectivity index (χ1) is 16.0. The van der Waals surface area contributed by atoms with Gasteiger partial charge in [-0.25, -0.2) is 0 Å². The molecule has 0 spiro atoms. The van der Waals surface area contributed by atoms with Crippen molar-refractivity contribution in [2.75, 3.05) is 20.7 Å². The number of carbonyl (C=O) groups is 3. The molecular weight excluding hydrogens is 440 g/mol. The first kappa shape index (κ1) is 24.4. The highest BCUT2D eigenvalue weighted by molar-refractivity contribution is 6.24. The number of carbonyl (C=O) groups excluding carboxylic acids is 3. The molecule has 2 saturated carbocycles. The maximum absolute atomic E-state index is 13.8. The van der Waals surface area contributed by atoms with Crippen LogP contribution in [0.15, 0.2) is 23.8 Å². The van der Waals surface area contributed by atoms with Gasteiger partial charge in [0, 0.05) is 17.5 Å². The highest BCUT2D eigenvalue weighted by Gasteiger charge is 2.67. The molecule has 1 aromatic rings. The van der Waals surface area contributed by atoms with E-state index in [0.29, 0.717) is 24.3 Å². The smallest absolute Gasteiger partial charge is 0.230 e. The van der Waals surface area contributed by atoms with Crippen LogP contribution in [-0.4, -0.2) is 76.1 Å². The van der Waals surface area contributed by atoms with Gasteiger partial charge in [-0.15, -0.1) is 0 Å². The molecule has 0 aromatic heterocycles. The normalized spacial score (nSPS) is 32.8. The average Bonchev–Trinajstić information content (AvgIpc) is 2.76. The Morgan fingerprint density at radius 1 is 1.29 bits per heavy atom. The second-order valence-corrected chi connectivity index (χ2v) is 9.78. The van der Waals surface area contributed by atoms with Gasteiger partial charge in [-0.2, -0.15) is 0 Å². The number of nitrogens with zero attached hydrogens (tertiary/aromatic N) is 1. The van der Waals surface area contributed by atoms with E-state index in [1.165, 1.54) is 0 Å². The second kappa shape index (κ2) is 8.79. The average molecular weight is 473 g/mol. The maximum Gasteiger partial charge on any atom is 0.230 e. The summed E-state index contributed by atoms with van der Waals surface area (Å²) in [6.45, 7) is 2.48. The van der Waals surface area contributed by atoms with Gasteiger partial charge in [-0.05, 0) is 50.9 Å². The molecule has 0 saturated heterocycles. The van der Waals surface area contributed by atoms with E-state index in [4.69, 9.17) is 10.5 Å². The van der Waals surface area contributed by atoms with Crippen LogP contribution in [0.1, 0.15) is 37.3 Å². The number of benzene rings is 1. The molecule has 3 aliphatic carbocycles. The van der Waals surface area contributed by atoms with Crippen LogP contribution in [0.2, 0.25) is 0 Å². The number of unbranched alkanes of at least 4 members (excludes halogenated alkanes) is 1. The molecule has 0 heterocycles. The van der Waals surface area contributed by atoms with Crippen molar-refractivity contribution in [1.29, 1.82) is 0 Å². The van der Waals surface area contributed by atoms with Crippen molar-refractivity contribution >= 4 is 23.2 Å². The van der Waals surface area contributed by atoms with Crippen molar-refractivity contribution in [1.82, 2.24) is 4.90 Å². The third-order valence-corrected chi connectivity index (χ3v) is 7.56. The summed E-state index contributed by atoms with van der Waals surface area (Å²) < 4.78 is 5.86. The van der Waals surface area contributed by atoms with Crippen molar-refractivity contribution in [3.05, 3.63) is 34.9 Å². The molecule has 34 heavy (non-hydrogen) atoms. The van der Waals surface area contributed by atoms with Crippen molar-refractivity contribution in [3.8, 4) is 5.75 Å². The second-order valence-electron chi connectivity index (χ2n) is 9.78. The molecule has 5 N–H and O–H groups in total. The molecule has 3 aliphatic rings. The molecular formula is C25H32N2O7. The summed E-state index contributed by atoms with van der Waals surface area (Å²) in [6.07, 6.45) is 0.855. The number of hydrogen-bond donors (Lipinski definition) is 4. The van der Waals surface area contributed by atoms with Gasteiger partial charge in [-0.1, -0.05) is 25.5 Å². The minimum absolute atomic E-state index is 0.0387. The van der Waals surface area contributed by atoms with Gasteiger partial charge < -0.3 is 30.7 Å². The Kier molecular flexibility index (Phi) is 6.30. The summed E-state index contributed by atoms with van der Waals surface area (Å²) in [5.74, 6) is -6.21. The molecule has 0 radical (unpaired) electrons. The molecule has 1 aromatic carbocycles. The van der Waals surface area contributed by atoms with Crippen molar-refractivity contribution in [2.24, 2.45) is 23.5 Å². The fraction of sp³-hybridized carbons (Fsp3) is 0.560. The summed E-state index contributed by atoms with van der Waals surface area (Å²) in [4.78, 5) is 40.7. The molecule has 4 rings (SSSR count). The fourth-order valence-electron chi connectivity index (χ4n) is 5.97. The highest BCUT2D eigenvalue weighted by atomic mass is 16.5. The van der Waals surface area contributed by atoms with Gasteiger partial charge in [0.2, 0.25) is 11.7 Å². The standard InChI is InChI=1S/C25H32N2O7/c1-4-5-9-34-15-8-6-7-12-10-13-11-14-19(27(2)3)21(29)18(24(26)32)23(31)25(14,33)22(30)17(13)20(28)16(12)15/h6-8,13-14,18-19,21,28-29,33H,4-5,9-11H2,1-3H3,(H2,26,32)/t13-,14-,18?,19-,21?,25-/m1/s1. The summed E-state index contributed by atoms with van der Waals surface area (Å²) in [7, 11) is 3.29. The zero-order chi connectivity index (χ0) is 24.9.